The highest BCUT2D eigenvalue weighted by atomic mass is 32.2. The lowest BCUT2D eigenvalue weighted by atomic mass is 10.1. The van der Waals surface area contributed by atoms with Crippen molar-refractivity contribution in [3.05, 3.63) is 36.0 Å². The highest BCUT2D eigenvalue weighted by Crippen LogP contribution is 2.35. The van der Waals surface area contributed by atoms with Gasteiger partial charge in [0, 0.05) is 16.5 Å². The summed E-state index contributed by atoms with van der Waals surface area (Å²) in [7, 11) is 0. The lowest BCUT2D eigenvalue weighted by molar-refractivity contribution is -0.152. The van der Waals surface area contributed by atoms with Gasteiger partial charge in [0.2, 0.25) is 5.13 Å². The molecule has 0 unspecified atom stereocenters. The number of nitrogens with one attached hydrogen (secondary N) is 1. The van der Waals surface area contributed by atoms with Crippen LogP contribution in [0.15, 0.2) is 39.7 Å². The van der Waals surface area contributed by atoms with E-state index in [2.05, 4.69) is 25.2 Å². The molecule has 0 bridgehead atoms. The van der Waals surface area contributed by atoms with Crippen molar-refractivity contribution >= 4 is 51.0 Å². The topological polar surface area (TPSA) is 94.1 Å². The monoisotopic (exact) mass is 374 g/mol. The van der Waals surface area contributed by atoms with Crippen LogP contribution in [0, 0.1) is 6.92 Å². The number of aromatic nitrogens is 3. The van der Waals surface area contributed by atoms with Crippen LogP contribution in [0.4, 0.5) is 5.13 Å². The summed E-state index contributed by atoms with van der Waals surface area (Å²) in [5.41, 5.74) is 2.05. The van der Waals surface area contributed by atoms with E-state index in [1.807, 2.05) is 31.2 Å². The molecule has 1 aromatic carbocycles. The molecule has 7 nitrogen and oxygen atoms in total. The summed E-state index contributed by atoms with van der Waals surface area (Å²) < 4.78 is 5.28. The number of hydrogen-bond donors (Lipinski definition) is 1. The van der Waals surface area contributed by atoms with E-state index in [-0.39, 0.29) is 11.7 Å². The highest BCUT2D eigenvalue weighted by Gasteiger charge is 2.17. The molecule has 0 aliphatic heterocycles. The van der Waals surface area contributed by atoms with E-state index < -0.39 is 11.9 Å². The van der Waals surface area contributed by atoms with Crippen LogP contribution < -0.4 is 5.32 Å². The molecule has 1 amide bonds. The molecule has 0 saturated carbocycles. The number of fused-ring (bicyclic) bond motifs is 1. The second-order valence-corrected chi connectivity index (χ2v) is 7.25. The van der Waals surface area contributed by atoms with Gasteiger partial charge in [0.15, 0.2) is 4.34 Å². The Kier molecular flexibility index (Phi) is 5.25. The molecular weight excluding hydrogens is 360 g/mol. The Hall–Kier alpha value is -2.52. The van der Waals surface area contributed by atoms with Crippen LogP contribution in [0.5, 0.6) is 0 Å². The number of anilines is 1. The summed E-state index contributed by atoms with van der Waals surface area (Å²) in [6, 6.07) is 7.97. The summed E-state index contributed by atoms with van der Waals surface area (Å²) in [6.07, 6.45) is 1.74. The van der Waals surface area contributed by atoms with Crippen molar-refractivity contribution in [2.24, 2.45) is 0 Å². The maximum Gasteiger partial charge on any atom is 0.397 e. The fourth-order valence-corrected chi connectivity index (χ4v) is 3.89. The Morgan fingerprint density at radius 2 is 2.12 bits per heavy atom. The molecule has 0 aliphatic rings. The number of pyridine rings is 1. The zero-order valence-electron chi connectivity index (χ0n) is 13.5. The van der Waals surface area contributed by atoms with E-state index in [0.29, 0.717) is 4.34 Å². The quantitative estimate of drug-likeness (QED) is 0.426. The van der Waals surface area contributed by atoms with Crippen LogP contribution in [0.3, 0.4) is 0 Å². The Morgan fingerprint density at radius 1 is 1.28 bits per heavy atom. The summed E-state index contributed by atoms with van der Waals surface area (Å²) in [5.74, 6) is -1.80. The molecule has 128 valence electrons. The van der Waals surface area contributed by atoms with Gasteiger partial charge in [-0.2, -0.15) is 0 Å². The van der Waals surface area contributed by atoms with Gasteiger partial charge in [-0.1, -0.05) is 35.2 Å². The van der Waals surface area contributed by atoms with Crippen molar-refractivity contribution in [3.63, 3.8) is 0 Å². The Morgan fingerprint density at radius 3 is 2.92 bits per heavy atom. The molecule has 3 aromatic rings. The standard InChI is InChI=1S/C16H14N4O3S2/c1-3-23-14(22)13(21)18-15-19-20-16(25-15)24-12-6-7-17-11-8-9(2)4-5-10(11)12/h4-8H,3H2,1-2H3,(H,18,19,21). The fraction of sp³-hybridized carbons (Fsp3) is 0.188. The Labute approximate surface area is 151 Å². The van der Waals surface area contributed by atoms with Gasteiger partial charge in [0.05, 0.1) is 12.1 Å². The third-order valence-corrected chi connectivity index (χ3v) is 5.11. The molecule has 0 spiro atoms. The van der Waals surface area contributed by atoms with E-state index in [0.717, 1.165) is 21.4 Å². The molecule has 0 aliphatic carbocycles. The number of carbonyl (C=O) groups is 2. The second kappa shape index (κ2) is 7.58. The van der Waals surface area contributed by atoms with Gasteiger partial charge in [0.1, 0.15) is 0 Å². The first-order valence-corrected chi connectivity index (χ1v) is 9.05. The van der Waals surface area contributed by atoms with Gasteiger partial charge in [-0.15, -0.1) is 10.2 Å². The van der Waals surface area contributed by atoms with Gasteiger partial charge in [-0.05, 0) is 31.5 Å². The van der Waals surface area contributed by atoms with Gasteiger partial charge in [0.25, 0.3) is 0 Å². The molecule has 3 rings (SSSR count). The minimum Gasteiger partial charge on any atom is -0.459 e. The van der Waals surface area contributed by atoms with Crippen LogP contribution in [0.1, 0.15) is 12.5 Å². The van der Waals surface area contributed by atoms with Crippen molar-refractivity contribution in [2.45, 2.75) is 23.1 Å². The Balaban J connectivity index is 1.76. The molecular formula is C16H14N4O3S2. The maximum absolute atomic E-state index is 11.6. The third-order valence-electron chi connectivity index (χ3n) is 3.14. The lowest BCUT2D eigenvalue weighted by Gasteiger charge is -2.04. The molecule has 2 heterocycles. The van der Waals surface area contributed by atoms with Crippen LogP contribution in [0.2, 0.25) is 0 Å². The largest absolute Gasteiger partial charge is 0.459 e. The van der Waals surface area contributed by atoms with E-state index >= 15 is 0 Å². The minimum atomic E-state index is -0.942. The van der Waals surface area contributed by atoms with Gasteiger partial charge < -0.3 is 4.74 Å². The smallest absolute Gasteiger partial charge is 0.397 e. The molecule has 25 heavy (non-hydrogen) atoms. The summed E-state index contributed by atoms with van der Waals surface area (Å²) in [5, 5.41) is 11.6. The van der Waals surface area contributed by atoms with Crippen LogP contribution in [0.25, 0.3) is 10.9 Å². The number of aryl methyl sites for hydroxylation is 1. The first kappa shape index (κ1) is 17.3. The molecule has 1 N–H and O–H groups in total. The zero-order chi connectivity index (χ0) is 17.8. The number of benzene rings is 1. The van der Waals surface area contributed by atoms with Gasteiger partial charge in [-0.3, -0.25) is 15.1 Å². The van der Waals surface area contributed by atoms with E-state index in [9.17, 15) is 9.59 Å². The maximum atomic E-state index is 11.6. The number of nitrogens with zero attached hydrogens (tertiary/aromatic N) is 3. The predicted molar refractivity (Wildman–Crippen MR) is 95.8 cm³/mol. The van der Waals surface area contributed by atoms with Crippen LogP contribution in [-0.2, 0) is 14.3 Å². The fourth-order valence-electron chi connectivity index (χ4n) is 2.06. The number of amides is 1. The van der Waals surface area contributed by atoms with E-state index in [1.54, 1.807) is 13.1 Å². The SMILES string of the molecule is CCOC(=O)C(=O)Nc1nnc(Sc2ccnc3cc(C)ccc23)s1. The van der Waals surface area contributed by atoms with Crippen LogP contribution in [-0.4, -0.2) is 33.7 Å². The number of esters is 1. The number of carbonyl (C=O) groups excluding carboxylic acids is 2. The van der Waals surface area contributed by atoms with Gasteiger partial charge >= 0.3 is 11.9 Å². The Bertz CT molecular complexity index is 942. The van der Waals surface area contributed by atoms with E-state index in [1.165, 1.54) is 23.1 Å². The molecule has 9 heteroatoms. The van der Waals surface area contributed by atoms with Crippen molar-refractivity contribution in [3.8, 4) is 0 Å². The second-order valence-electron chi connectivity index (χ2n) is 4.98. The van der Waals surface area contributed by atoms with Crippen LogP contribution >= 0.6 is 23.1 Å². The number of rotatable bonds is 4. The minimum absolute atomic E-state index is 0.137. The van der Waals surface area contributed by atoms with Crippen molar-refractivity contribution in [2.75, 3.05) is 11.9 Å². The highest BCUT2D eigenvalue weighted by molar-refractivity contribution is 8.01. The number of hydrogen-bond acceptors (Lipinski definition) is 8. The summed E-state index contributed by atoms with van der Waals surface area (Å²) >= 11 is 2.61. The van der Waals surface area contributed by atoms with Gasteiger partial charge in [-0.25, -0.2) is 4.79 Å². The number of ether oxygens (including phenoxy) is 1. The average Bonchev–Trinajstić information content (AvgIpc) is 3.02. The third kappa shape index (κ3) is 4.12. The first-order chi connectivity index (χ1) is 12.1. The summed E-state index contributed by atoms with van der Waals surface area (Å²) in [4.78, 5) is 28.3. The average molecular weight is 374 g/mol. The molecule has 0 saturated heterocycles. The molecule has 2 aromatic heterocycles. The first-order valence-electron chi connectivity index (χ1n) is 7.41. The lowest BCUT2D eigenvalue weighted by Crippen LogP contribution is -2.24. The molecule has 0 fully saturated rings. The summed E-state index contributed by atoms with van der Waals surface area (Å²) in [6.45, 7) is 3.79. The zero-order valence-corrected chi connectivity index (χ0v) is 15.1. The normalized spacial score (nSPS) is 10.6. The van der Waals surface area contributed by atoms with E-state index in [4.69, 9.17) is 0 Å². The molecule has 0 radical (unpaired) electrons. The van der Waals surface area contributed by atoms with Crippen molar-refractivity contribution in [1.82, 2.24) is 15.2 Å². The van der Waals surface area contributed by atoms with Crippen molar-refractivity contribution in [1.29, 1.82) is 0 Å². The molecule has 0 atom stereocenters. The van der Waals surface area contributed by atoms with Crippen molar-refractivity contribution < 1.29 is 14.3 Å². The predicted octanol–water partition coefficient (Wildman–Crippen LogP) is 3.05.